The molecule has 2 amide bonds. The van der Waals surface area contributed by atoms with Crippen molar-refractivity contribution in [2.24, 2.45) is 7.05 Å². The van der Waals surface area contributed by atoms with E-state index in [9.17, 15) is 9.59 Å². The second kappa shape index (κ2) is 7.29. The molecule has 2 rings (SSSR count). The highest BCUT2D eigenvalue weighted by Crippen LogP contribution is 2.12. The number of nitrogens with zero attached hydrogens (tertiary/aromatic N) is 4. The predicted molar refractivity (Wildman–Crippen MR) is 89.5 cm³/mol. The van der Waals surface area contributed by atoms with Gasteiger partial charge in [-0.2, -0.15) is 10.2 Å². The zero-order valence-corrected chi connectivity index (χ0v) is 14.8. The van der Waals surface area contributed by atoms with E-state index in [1.165, 1.54) is 4.68 Å². The Hall–Kier alpha value is -2.64. The molecule has 2 aromatic rings. The summed E-state index contributed by atoms with van der Waals surface area (Å²) in [6, 6.07) is 1.68. The minimum absolute atomic E-state index is 0.0803. The number of amides is 2. The minimum atomic E-state index is -0.320. The summed E-state index contributed by atoms with van der Waals surface area (Å²) in [5, 5.41) is 13.9. The molecule has 8 nitrogen and oxygen atoms in total. The van der Waals surface area contributed by atoms with Gasteiger partial charge in [-0.15, -0.1) is 0 Å². The first-order valence-corrected chi connectivity index (χ1v) is 7.91. The molecule has 130 valence electrons. The summed E-state index contributed by atoms with van der Waals surface area (Å²) in [6.07, 6.45) is 0. The molecule has 0 fully saturated rings. The number of rotatable bonds is 6. The summed E-state index contributed by atoms with van der Waals surface area (Å²) in [6.45, 7) is 8.85. The molecule has 0 saturated carbocycles. The van der Waals surface area contributed by atoms with E-state index in [0.29, 0.717) is 12.2 Å². The molecule has 2 heterocycles. The van der Waals surface area contributed by atoms with Crippen LogP contribution in [0.1, 0.15) is 40.1 Å². The lowest BCUT2D eigenvalue weighted by molar-refractivity contribution is -0.120. The van der Waals surface area contributed by atoms with Gasteiger partial charge in [0.25, 0.3) is 5.91 Å². The Labute approximate surface area is 141 Å². The molecule has 0 saturated heterocycles. The van der Waals surface area contributed by atoms with Crippen molar-refractivity contribution < 1.29 is 9.59 Å². The Morgan fingerprint density at radius 2 is 1.88 bits per heavy atom. The number of hydrogen-bond acceptors (Lipinski definition) is 4. The Morgan fingerprint density at radius 3 is 2.42 bits per heavy atom. The molecular formula is C16H24N6O2. The fourth-order valence-electron chi connectivity index (χ4n) is 2.62. The first-order valence-electron chi connectivity index (χ1n) is 7.91. The predicted octanol–water partition coefficient (Wildman–Crippen LogP) is 0.608. The number of aryl methyl sites for hydroxylation is 4. The molecule has 2 N–H and O–H groups in total. The maximum Gasteiger partial charge on any atom is 0.269 e. The van der Waals surface area contributed by atoms with Crippen LogP contribution in [0, 0.1) is 20.8 Å². The van der Waals surface area contributed by atoms with Crippen molar-refractivity contribution in [1.29, 1.82) is 0 Å². The van der Waals surface area contributed by atoms with Crippen LogP contribution < -0.4 is 10.6 Å². The molecule has 24 heavy (non-hydrogen) atoms. The fraction of sp³-hybridized carbons (Fsp3) is 0.500. The molecule has 8 heteroatoms. The molecule has 0 unspecified atom stereocenters. The van der Waals surface area contributed by atoms with Crippen LogP contribution >= 0.6 is 0 Å². The number of nitrogens with one attached hydrogen (secondary N) is 2. The van der Waals surface area contributed by atoms with Crippen molar-refractivity contribution in [3.05, 3.63) is 34.4 Å². The van der Waals surface area contributed by atoms with Crippen molar-refractivity contribution in [2.75, 3.05) is 6.54 Å². The van der Waals surface area contributed by atoms with Crippen LogP contribution in [0.2, 0.25) is 0 Å². The molecule has 0 bridgehead atoms. The zero-order chi connectivity index (χ0) is 17.9. The van der Waals surface area contributed by atoms with Gasteiger partial charge in [-0.3, -0.25) is 19.0 Å². The molecule has 0 atom stereocenters. The monoisotopic (exact) mass is 332 g/mol. The van der Waals surface area contributed by atoms with Gasteiger partial charge in [0.15, 0.2) is 0 Å². The summed E-state index contributed by atoms with van der Waals surface area (Å²) < 4.78 is 3.40. The third kappa shape index (κ3) is 3.81. The summed E-state index contributed by atoms with van der Waals surface area (Å²) in [7, 11) is 1.69. The highest BCUT2D eigenvalue weighted by molar-refractivity contribution is 5.95. The van der Waals surface area contributed by atoms with Crippen LogP contribution in [0.5, 0.6) is 0 Å². The van der Waals surface area contributed by atoms with Crippen LogP contribution in [0.25, 0.3) is 0 Å². The lowest BCUT2D eigenvalue weighted by Gasteiger charge is -2.08. The van der Waals surface area contributed by atoms with Crippen LogP contribution in [0.4, 0.5) is 0 Å². The van der Waals surface area contributed by atoms with Crippen LogP contribution in [-0.2, 0) is 24.9 Å². The third-order valence-electron chi connectivity index (χ3n) is 3.94. The standard InChI is InChI=1S/C16H24N6O2/c1-6-22-12(4)13(11(3)20-22)8-17-15(23)9-18-16(24)14-7-10(2)19-21(14)5/h7H,6,8-9H2,1-5H3,(H,17,23)(H,18,24). The highest BCUT2D eigenvalue weighted by atomic mass is 16.2. The normalized spacial score (nSPS) is 10.7. The van der Waals surface area contributed by atoms with Gasteiger partial charge in [-0.05, 0) is 33.8 Å². The maximum atomic E-state index is 12.0. The molecular weight excluding hydrogens is 308 g/mol. The number of hydrogen-bond donors (Lipinski definition) is 2. The highest BCUT2D eigenvalue weighted by Gasteiger charge is 2.14. The average molecular weight is 332 g/mol. The lowest BCUT2D eigenvalue weighted by Crippen LogP contribution is -2.37. The largest absolute Gasteiger partial charge is 0.350 e. The number of carbonyl (C=O) groups is 2. The maximum absolute atomic E-state index is 12.0. The van der Waals surface area contributed by atoms with Gasteiger partial charge < -0.3 is 10.6 Å². The summed E-state index contributed by atoms with van der Waals surface area (Å²) in [5.41, 5.74) is 4.15. The zero-order valence-electron chi connectivity index (χ0n) is 14.8. The first kappa shape index (κ1) is 17.7. The van der Waals surface area contributed by atoms with E-state index in [1.54, 1.807) is 13.1 Å². The van der Waals surface area contributed by atoms with E-state index in [0.717, 1.165) is 29.2 Å². The van der Waals surface area contributed by atoms with E-state index >= 15 is 0 Å². The molecule has 0 aromatic carbocycles. The van der Waals surface area contributed by atoms with E-state index in [-0.39, 0.29) is 18.4 Å². The summed E-state index contributed by atoms with van der Waals surface area (Å²) in [4.78, 5) is 24.0. The quantitative estimate of drug-likeness (QED) is 0.810. The first-order chi connectivity index (χ1) is 11.3. The van der Waals surface area contributed by atoms with Crippen LogP contribution in [0.3, 0.4) is 0 Å². The topological polar surface area (TPSA) is 93.8 Å². The third-order valence-corrected chi connectivity index (χ3v) is 3.94. The molecule has 0 spiro atoms. The van der Waals surface area contributed by atoms with E-state index in [4.69, 9.17) is 0 Å². The Morgan fingerprint density at radius 1 is 1.17 bits per heavy atom. The van der Waals surface area contributed by atoms with Gasteiger partial charge in [0, 0.05) is 31.4 Å². The van der Waals surface area contributed by atoms with Crippen molar-refractivity contribution in [3.63, 3.8) is 0 Å². The SMILES string of the molecule is CCn1nc(C)c(CNC(=O)CNC(=O)c2cc(C)nn2C)c1C. The molecule has 2 aromatic heterocycles. The average Bonchev–Trinajstić information content (AvgIpc) is 3.01. The fourth-order valence-corrected chi connectivity index (χ4v) is 2.62. The summed E-state index contributed by atoms with van der Waals surface area (Å²) >= 11 is 0. The van der Waals surface area contributed by atoms with Gasteiger partial charge in [0.05, 0.1) is 17.9 Å². The summed E-state index contributed by atoms with van der Waals surface area (Å²) in [5.74, 6) is -0.565. The molecule has 0 radical (unpaired) electrons. The number of carbonyl (C=O) groups excluding carboxylic acids is 2. The van der Waals surface area contributed by atoms with Gasteiger partial charge >= 0.3 is 0 Å². The van der Waals surface area contributed by atoms with Crippen molar-refractivity contribution in [3.8, 4) is 0 Å². The lowest BCUT2D eigenvalue weighted by atomic mass is 10.2. The van der Waals surface area contributed by atoms with Gasteiger partial charge in [0.1, 0.15) is 5.69 Å². The van der Waals surface area contributed by atoms with E-state index < -0.39 is 0 Å². The molecule has 0 aliphatic rings. The van der Waals surface area contributed by atoms with Crippen molar-refractivity contribution in [1.82, 2.24) is 30.2 Å². The Bertz CT molecular complexity index is 759. The smallest absolute Gasteiger partial charge is 0.269 e. The molecule has 0 aliphatic heterocycles. The van der Waals surface area contributed by atoms with E-state index in [2.05, 4.69) is 20.8 Å². The van der Waals surface area contributed by atoms with Crippen LogP contribution in [0.15, 0.2) is 6.07 Å². The van der Waals surface area contributed by atoms with Crippen LogP contribution in [-0.4, -0.2) is 37.9 Å². The number of aromatic nitrogens is 4. The molecule has 0 aliphatic carbocycles. The van der Waals surface area contributed by atoms with Gasteiger partial charge in [-0.1, -0.05) is 0 Å². The minimum Gasteiger partial charge on any atom is -0.350 e. The second-order valence-electron chi connectivity index (χ2n) is 5.72. The van der Waals surface area contributed by atoms with Crippen molar-refractivity contribution >= 4 is 11.8 Å². The van der Waals surface area contributed by atoms with Gasteiger partial charge in [-0.25, -0.2) is 0 Å². The second-order valence-corrected chi connectivity index (χ2v) is 5.72. The van der Waals surface area contributed by atoms with Gasteiger partial charge in [0.2, 0.25) is 5.91 Å². The Kier molecular flexibility index (Phi) is 5.38. The Balaban J connectivity index is 1.87. The van der Waals surface area contributed by atoms with Crippen molar-refractivity contribution in [2.45, 2.75) is 40.8 Å². The van der Waals surface area contributed by atoms with E-state index in [1.807, 2.05) is 32.4 Å².